The van der Waals surface area contributed by atoms with Crippen molar-refractivity contribution in [2.75, 3.05) is 31.1 Å². The van der Waals surface area contributed by atoms with Crippen molar-refractivity contribution < 1.29 is 28.2 Å². The second kappa shape index (κ2) is 11.1. The van der Waals surface area contributed by atoms with Crippen LogP contribution in [0.15, 0.2) is 48.7 Å². The minimum absolute atomic E-state index is 0.0195. The van der Waals surface area contributed by atoms with Crippen molar-refractivity contribution >= 4 is 17.3 Å². The van der Waals surface area contributed by atoms with E-state index in [1.54, 1.807) is 18.2 Å². The predicted molar refractivity (Wildman–Crippen MR) is 122 cm³/mol. The molecule has 10 nitrogen and oxygen atoms in total. The Balaban J connectivity index is 1.41. The first-order valence-electron chi connectivity index (χ1n) is 10.7. The van der Waals surface area contributed by atoms with Gasteiger partial charge in [-0.05, 0) is 42.8 Å². The molecule has 1 atom stereocenters. The minimum atomic E-state index is -0.652. The number of hydrogen-bond donors (Lipinski definition) is 2. The number of anilines is 2. The molecule has 35 heavy (non-hydrogen) atoms. The molecule has 0 bridgehead atoms. The molecule has 3 aromatic rings. The zero-order valence-electron chi connectivity index (χ0n) is 18.8. The van der Waals surface area contributed by atoms with Gasteiger partial charge in [-0.3, -0.25) is 0 Å². The Bertz CT molecular complexity index is 1250. The van der Waals surface area contributed by atoms with Crippen molar-refractivity contribution in [3.8, 4) is 17.7 Å². The highest BCUT2D eigenvalue weighted by Gasteiger charge is 2.19. The van der Waals surface area contributed by atoms with Gasteiger partial charge in [0.05, 0.1) is 41.8 Å². The standard InChI is InChI=1S/C24H22FN5O5/c1-32-24(31)16-3-4-19(20(11-16)28-13-17-7-9-33-17)30-35-23-6-8-27-22(29-23)14-34-21-5-2-15(12-26)10-18(21)25/h2-6,8,10-11,17,28,30H,7,9,13-14H2,1H3/t17-/m0/s1. The lowest BCUT2D eigenvalue weighted by Gasteiger charge is -2.27. The molecule has 2 aromatic carbocycles. The van der Waals surface area contributed by atoms with E-state index >= 15 is 0 Å². The summed E-state index contributed by atoms with van der Waals surface area (Å²) in [7, 11) is 1.32. The number of nitriles is 1. The third-order valence-corrected chi connectivity index (χ3v) is 5.12. The fourth-order valence-electron chi connectivity index (χ4n) is 3.14. The summed E-state index contributed by atoms with van der Waals surface area (Å²) in [5.41, 5.74) is 4.58. The number of methoxy groups -OCH3 is 1. The second-order valence-electron chi connectivity index (χ2n) is 7.48. The molecule has 1 aliphatic rings. The summed E-state index contributed by atoms with van der Waals surface area (Å²) in [6.45, 7) is 1.20. The molecule has 180 valence electrons. The number of nitrogens with zero attached hydrogens (tertiary/aromatic N) is 3. The van der Waals surface area contributed by atoms with E-state index in [1.165, 1.54) is 31.5 Å². The van der Waals surface area contributed by atoms with Gasteiger partial charge >= 0.3 is 5.97 Å². The van der Waals surface area contributed by atoms with E-state index in [-0.39, 0.29) is 35.7 Å². The number of aromatic nitrogens is 2. The van der Waals surface area contributed by atoms with Crippen LogP contribution < -0.4 is 20.4 Å². The van der Waals surface area contributed by atoms with Crippen LogP contribution >= 0.6 is 0 Å². The monoisotopic (exact) mass is 479 g/mol. The van der Waals surface area contributed by atoms with Gasteiger partial charge in [-0.1, -0.05) is 0 Å². The van der Waals surface area contributed by atoms with E-state index in [1.807, 2.05) is 6.07 Å². The van der Waals surface area contributed by atoms with E-state index in [0.29, 0.717) is 23.5 Å². The van der Waals surface area contributed by atoms with E-state index in [0.717, 1.165) is 19.1 Å². The Kier molecular flexibility index (Phi) is 7.54. The summed E-state index contributed by atoms with van der Waals surface area (Å²) >= 11 is 0. The molecule has 0 unspecified atom stereocenters. The molecule has 2 N–H and O–H groups in total. The van der Waals surface area contributed by atoms with Crippen molar-refractivity contribution in [1.29, 1.82) is 5.26 Å². The summed E-state index contributed by atoms with van der Waals surface area (Å²) in [4.78, 5) is 25.9. The highest BCUT2D eigenvalue weighted by Crippen LogP contribution is 2.26. The van der Waals surface area contributed by atoms with Gasteiger partial charge in [0.25, 0.3) is 0 Å². The molecule has 0 amide bonds. The smallest absolute Gasteiger partial charge is 0.337 e. The summed E-state index contributed by atoms with van der Waals surface area (Å²) in [5, 5.41) is 12.1. The van der Waals surface area contributed by atoms with Crippen molar-refractivity contribution in [3.63, 3.8) is 0 Å². The molecule has 0 saturated carbocycles. The molecule has 11 heteroatoms. The molecule has 2 heterocycles. The third kappa shape index (κ3) is 6.13. The number of carbonyl (C=O) groups is 1. The van der Waals surface area contributed by atoms with Gasteiger partial charge in [0, 0.05) is 25.4 Å². The van der Waals surface area contributed by atoms with Gasteiger partial charge in [0.15, 0.2) is 17.4 Å². The SMILES string of the molecule is COC(=O)c1ccc(NOc2ccnc(COc3ccc(C#N)cc3F)n2)c(NC[C@@H]2CCO2)c1. The number of esters is 1. The number of hydrogen-bond acceptors (Lipinski definition) is 10. The fourth-order valence-corrected chi connectivity index (χ4v) is 3.14. The van der Waals surface area contributed by atoms with Crippen LogP contribution in [0.5, 0.6) is 11.6 Å². The highest BCUT2D eigenvalue weighted by molar-refractivity contribution is 5.92. The van der Waals surface area contributed by atoms with Crippen LogP contribution in [0.4, 0.5) is 15.8 Å². The van der Waals surface area contributed by atoms with Crippen molar-refractivity contribution in [1.82, 2.24) is 9.97 Å². The number of ether oxygens (including phenoxy) is 3. The first-order valence-corrected chi connectivity index (χ1v) is 10.7. The van der Waals surface area contributed by atoms with Crippen molar-refractivity contribution in [2.24, 2.45) is 0 Å². The number of carbonyl (C=O) groups excluding carboxylic acids is 1. The van der Waals surface area contributed by atoms with Crippen LogP contribution in [0, 0.1) is 17.1 Å². The summed E-state index contributed by atoms with van der Waals surface area (Å²) in [6, 6.07) is 12.3. The average molecular weight is 479 g/mol. The Hall–Kier alpha value is -4.43. The van der Waals surface area contributed by atoms with Gasteiger partial charge in [-0.15, -0.1) is 0 Å². The lowest BCUT2D eigenvalue weighted by atomic mass is 10.1. The van der Waals surface area contributed by atoms with Crippen LogP contribution in [0.2, 0.25) is 0 Å². The van der Waals surface area contributed by atoms with E-state index in [2.05, 4.69) is 20.8 Å². The maximum Gasteiger partial charge on any atom is 0.337 e. The summed E-state index contributed by atoms with van der Waals surface area (Å²) < 4.78 is 29.7. The normalized spacial score (nSPS) is 14.3. The average Bonchev–Trinajstić information content (AvgIpc) is 2.85. The van der Waals surface area contributed by atoms with E-state index < -0.39 is 11.8 Å². The van der Waals surface area contributed by atoms with Gasteiger partial charge < -0.3 is 24.4 Å². The Labute approximate surface area is 200 Å². The largest absolute Gasteiger partial charge is 0.483 e. The third-order valence-electron chi connectivity index (χ3n) is 5.12. The van der Waals surface area contributed by atoms with Gasteiger partial charge in [0.2, 0.25) is 5.88 Å². The first-order chi connectivity index (χ1) is 17.1. The van der Waals surface area contributed by atoms with Gasteiger partial charge in [0.1, 0.15) is 6.61 Å². The second-order valence-corrected chi connectivity index (χ2v) is 7.48. The maximum atomic E-state index is 14.0. The molecule has 0 spiro atoms. The van der Waals surface area contributed by atoms with Crippen molar-refractivity contribution in [2.45, 2.75) is 19.1 Å². The number of halogens is 1. The molecule has 1 fully saturated rings. The lowest BCUT2D eigenvalue weighted by molar-refractivity contribution is -0.0410. The number of rotatable bonds is 10. The molecular formula is C24H22FN5O5. The quantitative estimate of drug-likeness (QED) is 0.330. The number of benzene rings is 2. The van der Waals surface area contributed by atoms with Crippen LogP contribution in [0.1, 0.15) is 28.2 Å². The molecular weight excluding hydrogens is 457 g/mol. The molecule has 1 saturated heterocycles. The zero-order valence-corrected chi connectivity index (χ0v) is 18.8. The summed E-state index contributed by atoms with van der Waals surface area (Å²) in [5.74, 6) is -0.673. The van der Waals surface area contributed by atoms with Gasteiger partial charge in [-0.25, -0.2) is 19.6 Å². The summed E-state index contributed by atoms with van der Waals surface area (Å²) in [6.07, 6.45) is 2.54. The maximum absolute atomic E-state index is 14.0. The van der Waals surface area contributed by atoms with Crippen molar-refractivity contribution in [3.05, 3.63) is 71.4 Å². The highest BCUT2D eigenvalue weighted by atomic mass is 19.1. The lowest BCUT2D eigenvalue weighted by Crippen LogP contribution is -2.33. The molecule has 0 radical (unpaired) electrons. The fraction of sp³-hybridized carbons (Fsp3) is 0.250. The molecule has 1 aliphatic heterocycles. The van der Waals surface area contributed by atoms with Crippen LogP contribution in [-0.2, 0) is 16.1 Å². The molecule has 0 aliphatic carbocycles. The van der Waals surface area contributed by atoms with Crippen LogP contribution in [0.25, 0.3) is 0 Å². The van der Waals surface area contributed by atoms with Crippen LogP contribution in [-0.4, -0.2) is 42.3 Å². The molecule has 1 aromatic heterocycles. The Morgan fingerprint density at radius 1 is 1.26 bits per heavy atom. The van der Waals surface area contributed by atoms with E-state index in [4.69, 9.17) is 24.3 Å². The zero-order chi connectivity index (χ0) is 24.6. The van der Waals surface area contributed by atoms with Gasteiger partial charge in [-0.2, -0.15) is 10.2 Å². The first kappa shape index (κ1) is 23.7. The van der Waals surface area contributed by atoms with E-state index in [9.17, 15) is 9.18 Å². The Morgan fingerprint density at radius 2 is 2.11 bits per heavy atom. The number of nitrogens with one attached hydrogen (secondary N) is 2. The van der Waals surface area contributed by atoms with Crippen LogP contribution in [0.3, 0.4) is 0 Å². The molecule has 4 rings (SSSR count). The topological polar surface area (TPSA) is 128 Å². The minimum Gasteiger partial charge on any atom is -0.483 e. The predicted octanol–water partition coefficient (Wildman–Crippen LogP) is 3.46. The Morgan fingerprint density at radius 3 is 2.83 bits per heavy atom.